The average Bonchev–Trinajstić information content (AvgIpc) is 2.75. The molecule has 1 unspecified atom stereocenters. The highest BCUT2D eigenvalue weighted by atomic mass is 14.2. The minimum atomic E-state index is 0.476. The second-order valence-corrected chi connectivity index (χ2v) is 16.0. The summed E-state index contributed by atoms with van der Waals surface area (Å²) >= 11 is 0. The summed E-state index contributed by atoms with van der Waals surface area (Å²) in [5, 5.41) is 0. The van der Waals surface area contributed by atoms with Crippen molar-refractivity contribution >= 4 is 0 Å². The summed E-state index contributed by atoms with van der Waals surface area (Å²) < 4.78 is 0. The first-order valence-electron chi connectivity index (χ1n) is 16.7. The third kappa shape index (κ3) is 42.6. The molecule has 0 nitrogen and oxygen atoms in total. The summed E-state index contributed by atoms with van der Waals surface area (Å²) in [6.45, 7) is 34.7. The Morgan fingerprint density at radius 1 is 0.553 bits per heavy atom. The Labute approximate surface area is 245 Å². The van der Waals surface area contributed by atoms with Gasteiger partial charge in [-0.2, -0.15) is 0 Å². The van der Waals surface area contributed by atoms with Crippen LogP contribution in [0.5, 0.6) is 0 Å². The number of allylic oxidation sites excluding steroid dienone is 4. The first-order chi connectivity index (χ1) is 17.4. The van der Waals surface area contributed by atoms with Crippen LogP contribution in [0.1, 0.15) is 187 Å². The van der Waals surface area contributed by atoms with Crippen LogP contribution in [-0.2, 0) is 0 Å². The predicted octanol–water partition coefficient (Wildman–Crippen LogP) is 14.2. The molecule has 0 fully saturated rings. The van der Waals surface area contributed by atoms with Gasteiger partial charge < -0.3 is 0 Å². The minimum absolute atomic E-state index is 0.476. The van der Waals surface area contributed by atoms with Crippen molar-refractivity contribution in [2.24, 2.45) is 34.0 Å². The molecule has 0 saturated carbocycles. The highest BCUT2D eigenvalue weighted by Crippen LogP contribution is 2.28. The van der Waals surface area contributed by atoms with Crippen LogP contribution < -0.4 is 0 Å². The van der Waals surface area contributed by atoms with Gasteiger partial charge in [0.15, 0.2) is 0 Å². The normalized spacial score (nSPS) is 13.6. The minimum Gasteiger partial charge on any atom is -0.0885 e. The van der Waals surface area contributed by atoms with Gasteiger partial charge in [0.25, 0.3) is 0 Å². The maximum atomic E-state index is 2.42. The zero-order valence-corrected chi connectivity index (χ0v) is 29.7. The van der Waals surface area contributed by atoms with Gasteiger partial charge in [0.2, 0.25) is 0 Å². The van der Waals surface area contributed by atoms with E-state index in [1.54, 1.807) is 0 Å². The maximum absolute atomic E-state index is 2.42. The molecule has 1 atom stereocenters. The van der Waals surface area contributed by atoms with E-state index >= 15 is 0 Å². The Kier molecular flexibility index (Phi) is 26.8. The second-order valence-electron chi connectivity index (χ2n) is 16.0. The van der Waals surface area contributed by atoms with Crippen molar-refractivity contribution in [1.29, 1.82) is 0 Å². The summed E-state index contributed by atoms with van der Waals surface area (Å²) in [5.41, 5.74) is 1.53. The molecule has 230 valence electrons. The van der Waals surface area contributed by atoms with Gasteiger partial charge in [-0.1, -0.05) is 173 Å². The van der Waals surface area contributed by atoms with E-state index in [4.69, 9.17) is 0 Å². The predicted molar refractivity (Wildman–Crippen MR) is 181 cm³/mol. The third-order valence-corrected chi connectivity index (χ3v) is 7.06. The third-order valence-electron chi connectivity index (χ3n) is 7.06. The molecular weight excluding hydrogens is 456 g/mol. The first kappa shape index (κ1) is 42.0. The monoisotopic (exact) mass is 535 g/mol. The molecule has 0 aliphatic rings. The molecule has 0 saturated heterocycles. The molecule has 0 bridgehead atoms. The lowest BCUT2D eigenvalue weighted by molar-refractivity contribution is 0.282. The Bertz CT molecular complexity index is 522. The molecule has 38 heavy (non-hydrogen) atoms. The molecule has 0 aliphatic heterocycles. The van der Waals surface area contributed by atoms with E-state index in [1.165, 1.54) is 70.6 Å². The van der Waals surface area contributed by atoms with Crippen molar-refractivity contribution in [2.45, 2.75) is 187 Å². The number of hydrogen-bond donors (Lipinski definition) is 0. The van der Waals surface area contributed by atoms with E-state index in [0.717, 1.165) is 30.6 Å². The van der Waals surface area contributed by atoms with Gasteiger partial charge in [0, 0.05) is 0 Å². The quantitative estimate of drug-likeness (QED) is 0.183. The van der Waals surface area contributed by atoms with Gasteiger partial charge in [-0.3, -0.25) is 0 Å². The zero-order valence-electron chi connectivity index (χ0n) is 29.7. The number of hydrogen-bond acceptors (Lipinski definition) is 0. The molecule has 0 aromatic rings. The lowest BCUT2D eigenvalue weighted by Crippen LogP contribution is -2.11. The molecule has 0 heterocycles. The van der Waals surface area contributed by atoms with E-state index in [0.29, 0.717) is 16.2 Å². The van der Waals surface area contributed by atoms with Gasteiger partial charge >= 0.3 is 0 Å². The van der Waals surface area contributed by atoms with Gasteiger partial charge in [-0.15, -0.1) is 0 Å². The fourth-order valence-corrected chi connectivity index (χ4v) is 4.52. The Morgan fingerprint density at radius 3 is 1.45 bits per heavy atom. The summed E-state index contributed by atoms with van der Waals surface area (Å²) in [7, 11) is 0. The van der Waals surface area contributed by atoms with E-state index in [1.807, 2.05) is 0 Å². The van der Waals surface area contributed by atoms with Crippen molar-refractivity contribution in [2.75, 3.05) is 0 Å². The largest absolute Gasteiger partial charge is 0.0885 e. The molecule has 0 spiro atoms. The topological polar surface area (TPSA) is 0 Å². The average molecular weight is 535 g/mol. The van der Waals surface area contributed by atoms with Crippen LogP contribution in [0, 0.1) is 34.0 Å². The maximum Gasteiger partial charge on any atom is -0.0169 e. The Morgan fingerprint density at radius 2 is 1.05 bits per heavy atom. The Hall–Kier alpha value is -0.520. The van der Waals surface area contributed by atoms with Gasteiger partial charge in [0.1, 0.15) is 0 Å². The standard InChI is InChI=1S/C15H32.C13H24.C10H22/c1-13(2)9-7-10-14(3)11-8-12-15(4,5)6;1-5-6-7-8-9-10-11-12-13(2,3)4;1-6-9(7-2)8-10(3,4)5/h13-14H,7-12H2,1-6H3;6-7,9-10H,5,8,11-12H2,1-4H3;9H,6-8H2,1-5H3/b;7-6-,10-9-;. The summed E-state index contributed by atoms with van der Waals surface area (Å²) in [6.07, 6.45) is 26.3. The molecule has 0 aromatic carbocycles. The van der Waals surface area contributed by atoms with Crippen molar-refractivity contribution in [3.05, 3.63) is 24.3 Å². The van der Waals surface area contributed by atoms with Gasteiger partial charge in [-0.25, -0.2) is 0 Å². The first-order valence-corrected chi connectivity index (χ1v) is 16.7. The van der Waals surface area contributed by atoms with Gasteiger partial charge in [0.05, 0.1) is 0 Å². The van der Waals surface area contributed by atoms with Crippen LogP contribution in [0.2, 0.25) is 0 Å². The highest BCUT2D eigenvalue weighted by Gasteiger charge is 2.15. The summed E-state index contributed by atoms with van der Waals surface area (Å²) in [5.74, 6) is 2.76. The van der Waals surface area contributed by atoms with Crippen LogP contribution in [0.15, 0.2) is 24.3 Å². The molecule has 0 aromatic heterocycles. The van der Waals surface area contributed by atoms with Crippen LogP contribution in [0.4, 0.5) is 0 Å². The SMILES string of the molecule is CC(C)CCCC(C)CCCC(C)(C)C.CC/C=C\C/C=C\CCC(C)(C)C.CCC(CC)CC(C)(C)C. The second kappa shape index (κ2) is 24.3. The van der Waals surface area contributed by atoms with Crippen molar-refractivity contribution in [1.82, 2.24) is 0 Å². The zero-order chi connectivity index (χ0) is 30.3. The smallest absolute Gasteiger partial charge is 0.0169 e. The van der Waals surface area contributed by atoms with E-state index in [9.17, 15) is 0 Å². The lowest BCUT2D eigenvalue weighted by atomic mass is 9.82. The fourth-order valence-electron chi connectivity index (χ4n) is 4.52. The van der Waals surface area contributed by atoms with Crippen LogP contribution in [0.25, 0.3) is 0 Å². The molecule has 0 N–H and O–H groups in total. The van der Waals surface area contributed by atoms with Crippen LogP contribution >= 0.6 is 0 Å². The fraction of sp³-hybridized carbons (Fsp3) is 0.895. The van der Waals surface area contributed by atoms with E-state index in [2.05, 4.69) is 128 Å². The van der Waals surface area contributed by atoms with Crippen LogP contribution in [-0.4, -0.2) is 0 Å². The van der Waals surface area contributed by atoms with Crippen molar-refractivity contribution < 1.29 is 0 Å². The van der Waals surface area contributed by atoms with Crippen molar-refractivity contribution in [3.8, 4) is 0 Å². The van der Waals surface area contributed by atoms with E-state index in [-0.39, 0.29) is 0 Å². The van der Waals surface area contributed by atoms with E-state index < -0.39 is 0 Å². The molecule has 0 aliphatic carbocycles. The summed E-state index contributed by atoms with van der Waals surface area (Å²) in [4.78, 5) is 0. The highest BCUT2D eigenvalue weighted by molar-refractivity contribution is 4.92. The van der Waals surface area contributed by atoms with Gasteiger partial charge in [-0.05, 0) is 72.5 Å². The van der Waals surface area contributed by atoms with Crippen LogP contribution in [0.3, 0.4) is 0 Å². The molecule has 0 rings (SSSR count). The van der Waals surface area contributed by atoms with Crippen molar-refractivity contribution in [3.63, 3.8) is 0 Å². The molecular formula is C38H78. The Balaban J connectivity index is -0.000000494. The molecule has 0 heteroatoms. The summed E-state index contributed by atoms with van der Waals surface area (Å²) in [6, 6.07) is 0. The number of rotatable bonds is 15. The lowest BCUT2D eigenvalue weighted by Gasteiger charge is -2.23. The molecule has 0 amide bonds. The molecule has 0 radical (unpaired) electrons.